The number of rotatable bonds is 7. The number of anilines is 1. The van der Waals surface area contributed by atoms with Gasteiger partial charge in [-0.1, -0.05) is 25.1 Å². The summed E-state index contributed by atoms with van der Waals surface area (Å²) in [4.78, 5) is 16.1. The number of nitrogens with zero attached hydrogens (tertiary/aromatic N) is 4. The summed E-state index contributed by atoms with van der Waals surface area (Å²) in [7, 11) is 1.88. The van der Waals surface area contributed by atoms with Gasteiger partial charge >= 0.3 is 5.92 Å². The van der Waals surface area contributed by atoms with Gasteiger partial charge in [0.25, 0.3) is 5.91 Å². The van der Waals surface area contributed by atoms with Crippen molar-refractivity contribution < 1.29 is 18.7 Å². The largest absolute Gasteiger partial charge is 0.390 e. The van der Waals surface area contributed by atoms with E-state index >= 15 is 0 Å². The van der Waals surface area contributed by atoms with Gasteiger partial charge in [-0.3, -0.25) is 4.79 Å². The van der Waals surface area contributed by atoms with Crippen molar-refractivity contribution in [1.29, 1.82) is 0 Å². The molecule has 0 radical (unpaired) electrons. The van der Waals surface area contributed by atoms with Crippen molar-refractivity contribution in [2.45, 2.75) is 25.2 Å². The first kappa shape index (κ1) is 20.5. The van der Waals surface area contributed by atoms with Crippen molar-refractivity contribution in [3.8, 4) is 0 Å². The molecule has 2 heterocycles. The molecule has 3 rings (SSSR count). The number of amides is 1. The fourth-order valence-electron chi connectivity index (χ4n) is 2.85. The van der Waals surface area contributed by atoms with E-state index in [0.717, 1.165) is 17.5 Å². The molecule has 9 heteroatoms. The molecule has 3 aromatic rings. The van der Waals surface area contributed by atoms with Crippen molar-refractivity contribution in [3.05, 3.63) is 71.6 Å². The molecule has 29 heavy (non-hydrogen) atoms. The fourth-order valence-corrected chi connectivity index (χ4v) is 2.85. The zero-order chi connectivity index (χ0) is 21.0. The van der Waals surface area contributed by atoms with Crippen LogP contribution >= 0.6 is 0 Å². The molecule has 0 saturated heterocycles. The van der Waals surface area contributed by atoms with Gasteiger partial charge < -0.3 is 15.0 Å². The number of aryl methyl sites for hydroxylation is 1. The van der Waals surface area contributed by atoms with E-state index in [0.29, 0.717) is 12.1 Å². The van der Waals surface area contributed by atoms with Crippen LogP contribution in [0.1, 0.15) is 40.4 Å². The van der Waals surface area contributed by atoms with Crippen LogP contribution in [0.5, 0.6) is 0 Å². The quantitative estimate of drug-likeness (QED) is 0.635. The summed E-state index contributed by atoms with van der Waals surface area (Å²) in [5.41, 5.74) is 0.699. The Balaban J connectivity index is 1.74. The molecule has 0 fully saturated rings. The van der Waals surface area contributed by atoms with Crippen molar-refractivity contribution in [3.63, 3.8) is 0 Å². The summed E-state index contributed by atoms with van der Waals surface area (Å²) in [6.07, 6.45) is 2.31. The number of aromatic nitrogens is 4. The lowest BCUT2D eigenvalue weighted by atomic mass is 9.97. The van der Waals surface area contributed by atoms with E-state index in [1.54, 1.807) is 12.4 Å². The molecule has 0 spiro atoms. The Morgan fingerprint density at radius 1 is 1.28 bits per heavy atom. The lowest BCUT2D eigenvalue weighted by molar-refractivity contribution is -0.0592. The minimum absolute atomic E-state index is 0.124. The SMILES string of the molecule is CC(Cc1nncn1C)c1cccc(NC(=O)c2cccc(C(F)(F)CO)n2)c1. The highest BCUT2D eigenvalue weighted by atomic mass is 19.3. The smallest absolute Gasteiger partial charge is 0.312 e. The van der Waals surface area contributed by atoms with E-state index < -0.39 is 24.1 Å². The molecule has 7 nitrogen and oxygen atoms in total. The Hall–Kier alpha value is -3.20. The highest BCUT2D eigenvalue weighted by molar-refractivity contribution is 6.02. The first-order valence-electron chi connectivity index (χ1n) is 9.00. The van der Waals surface area contributed by atoms with Crippen LogP contribution in [0.3, 0.4) is 0 Å². The second-order valence-electron chi connectivity index (χ2n) is 6.81. The number of aliphatic hydroxyl groups excluding tert-OH is 1. The minimum Gasteiger partial charge on any atom is -0.390 e. The second kappa shape index (κ2) is 8.44. The molecule has 2 N–H and O–H groups in total. The van der Waals surface area contributed by atoms with E-state index in [4.69, 9.17) is 5.11 Å². The van der Waals surface area contributed by atoms with E-state index in [1.165, 1.54) is 12.1 Å². The average Bonchev–Trinajstić information content (AvgIpc) is 3.12. The van der Waals surface area contributed by atoms with Crippen LogP contribution in [0.4, 0.5) is 14.5 Å². The maximum absolute atomic E-state index is 13.6. The second-order valence-corrected chi connectivity index (χ2v) is 6.81. The third-order valence-corrected chi connectivity index (χ3v) is 4.56. The van der Waals surface area contributed by atoms with Gasteiger partial charge in [-0.25, -0.2) is 4.98 Å². The highest BCUT2D eigenvalue weighted by Gasteiger charge is 2.32. The number of halogens is 2. The number of carbonyl (C=O) groups is 1. The Labute approximate surface area is 166 Å². The Morgan fingerprint density at radius 3 is 2.72 bits per heavy atom. The molecule has 1 atom stereocenters. The maximum Gasteiger partial charge on any atom is 0.312 e. The molecular weight excluding hydrogens is 380 g/mol. The van der Waals surface area contributed by atoms with Gasteiger partial charge in [0.05, 0.1) is 0 Å². The number of pyridine rings is 1. The van der Waals surface area contributed by atoms with Gasteiger partial charge in [-0.15, -0.1) is 10.2 Å². The van der Waals surface area contributed by atoms with Crippen LogP contribution in [-0.2, 0) is 19.4 Å². The maximum atomic E-state index is 13.6. The number of carbonyl (C=O) groups excluding carboxylic acids is 1. The van der Waals surface area contributed by atoms with Crippen molar-refractivity contribution in [2.75, 3.05) is 11.9 Å². The summed E-state index contributed by atoms with van der Waals surface area (Å²) < 4.78 is 29.1. The standard InChI is InChI=1S/C20H21F2N5O2/c1-13(9-18-26-23-12-27(18)2)14-5-3-6-15(10-14)24-19(29)16-7-4-8-17(25-16)20(21,22)11-28/h3-8,10,12-13,28H,9,11H2,1-2H3,(H,24,29). The summed E-state index contributed by atoms with van der Waals surface area (Å²) >= 11 is 0. The number of aliphatic hydroxyl groups is 1. The van der Waals surface area contributed by atoms with E-state index in [-0.39, 0.29) is 11.6 Å². The van der Waals surface area contributed by atoms with Crippen LogP contribution in [0.15, 0.2) is 48.8 Å². The molecule has 1 aromatic carbocycles. The number of hydrogen-bond donors (Lipinski definition) is 2. The zero-order valence-corrected chi connectivity index (χ0v) is 16.0. The van der Waals surface area contributed by atoms with Crippen LogP contribution in [-0.4, -0.2) is 37.4 Å². The molecular formula is C20H21F2N5O2. The van der Waals surface area contributed by atoms with Gasteiger partial charge in [-0.05, 0) is 35.7 Å². The predicted molar refractivity (Wildman–Crippen MR) is 103 cm³/mol. The Kier molecular flexibility index (Phi) is 5.97. The monoisotopic (exact) mass is 401 g/mol. The molecule has 0 aliphatic heterocycles. The van der Waals surface area contributed by atoms with E-state index in [1.807, 2.05) is 36.7 Å². The highest BCUT2D eigenvalue weighted by Crippen LogP contribution is 2.26. The first-order chi connectivity index (χ1) is 13.8. The van der Waals surface area contributed by atoms with Crippen LogP contribution < -0.4 is 5.32 Å². The minimum atomic E-state index is -3.51. The molecule has 0 aliphatic carbocycles. The first-order valence-corrected chi connectivity index (χ1v) is 9.00. The van der Waals surface area contributed by atoms with Crippen molar-refractivity contribution in [2.24, 2.45) is 7.05 Å². The summed E-state index contributed by atoms with van der Waals surface area (Å²) in [5, 5.41) is 19.4. The van der Waals surface area contributed by atoms with E-state index in [2.05, 4.69) is 20.5 Å². The van der Waals surface area contributed by atoms with Gasteiger partial charge in [-0.2, -0.15) is 8.78 Å². The van der Waals surface area contributed by atoms with Gasteiger partial charge in [0.15, 0.2) is 0 Å². The van der Waals surface area contributed by atoms with Crippen LogP contribution in [0, 0.1) is 0 Å². The molecule has 0 saturated carbocycles. The molecule has 1 unspecified atom stereocenters. The van der Waals surface area contributed by atoms with Crippen molar-refractivity contribution >= 4 is 11.6 Å². The molecule has 0 aliphatic rings. The number of hydrogen-bond acceptors (Lipinski definition) is 5. The zero-order valence-electron chi connectivity index (χ0n) is 16.0. The third-order valence-electron chi connectivity index (χ3n) is 4.56. The molecule has 152 valence electrons. The molecule has 0 bridgehead atoms. The normalized spacial score (nSPS) is 12.6. The number of benzene rings is 1. The lowest BCUT2D eigenvalue weighted by Gasteiger charge is -2.14. The fraction of sp³-hybridized carbons (Fsp3) is 0.300. The average molecular weight is 401 g/mol. The van der Waals surface area contributed by atoms with Crippen molar-refractivity contribution in [1.82, 2.24) is 19.7 Å². The van der Waals surface area contributed by atoms with Crippen LogP contribution in [0.2, 0.25) is 0 Å². The molecule has 1 amide bonds. The predicted octanol–water partition coefficient (Wildman–Crippen LogP) is 2.89. The Bertz CT molecular complexity index is 1010. The number of nitrogens with one attached hydrogen (secondary N) is 1. The molecule has 2 aromatic heterocycles. The van der Waals surface area contributed by atoms with Crippen LogP contribution in [0.25, 0.3) is 0 Å². The van der Waals surface area contributed by atoms with Gasteiger partial charge in [0.1, 0.15) is 30.1 Å². The topological polar surface area (TPSA) is 92.9 Å². The third kappa shape index (κ3) is 4.80. The lowest BCUT2D eigenvalue weighted by Crippen LogP contribution is -2.22. The van der Waals surface area contributed by atoms with Gasteiger partial charge in [0, 0.05) is 19.2 Å². The summed E-state index contributed by atoms with van der Waals surface area (Å²) in [5.74, 6) is -3.15. The summed E-state index contributed by atoms with van der Waals surface area (Å²) in [6.45, 7) is 0.661. The number of alkyl halides is 2. The summed E-state index contributed by atoms with van der Waals surface area (Å²) in [6, 6.07) is 11.0. The Morgan fingerprint density at radius 2 is 2.03 bits per heavy atom. The van der Waals surface area contributed by atoms with Gasteiger partial charge in [0.2, 0.25) is 0 Å². The van der Waals surface area contributed by atoms with E-state index in [9.17, 15) is 13.6 Å².